The Morgan fingerprint density at radius 3 is 2.50 bits per heavy atom. The second-order valence-corrected chi connectivity index (χ2v) is 4.87. The van der Waals surface area contributed by atoms with E-state index in [9.17, 15) is 0 Å². The third kappa shape index (κ3) is 2.91. The second kappa shape index (κ2) is 6.01. The summed E-state index contributed by atoms with van der Waals surface area (Å²) < 4.78 is 0. The van der Waals surface area contributed by atoms with Crippen LogP contribution < -0.4 is 0 Å². The van der Waals surface area contributed by atoms with Gasteiger partial charge < -0.3 is 4.98 Å². The van der Waals surface area contributed by atoms with E-state index < -0.39 is 0 Å². The van der Waals surface area contributed by atoms with Crippen LogP contribution in [0.15, 0.2) is 10.2 Å². The summed E-state index contributed by atoms with van der Waals surface area (Å²) in [5.74, 6) is 5.57. The highest BCUT2D eigenvalue weighted by atomic mass is 35.5. The van der Waals surface area contributed by atoms with Crippen LogP contribution >= 0.6 is 35.1 Å². The predicted octanol–water partition coefficient (Wildman–Crippen LogP) is 3.15. The van der Waals surface area contributed by atoms with Crippen molar-refractivity contribution >= 4 is 46.3 Å². The molecule has 2 heterocycles. The predicted molar refractivity (Wildman–Crippen MR) is 75.3 cm³/mol. The van der Waals surface area contributed by atoms with Crippen molar-refractivity contribution in [3.8, 4) is 22.3 Å². The maximum Gasteiger partial charge on any atom is 0.225 e. The molecule has 2 aromatic heterocycles. The van der Waals surface area contributed by atoms with Crippen LogP contribution in [0.4, 0.5) is 0 Å². The molecule has 0 atom stereocenters. The van der Waals surface area contributed by atoms with Gasteiger partial charge in [-0.1, -0.05) is 11.8 Å². The molecule has 0 fully saturated rings. The lowest BCUT2D eigenvalue weighted by Crippen LogP contribution is -1.87. The van der Waals surface area contributed by atoms with E-state index in [-0.39, 0.29) is 5.28 Å². The van der Waals surface area contributed by atoms with Gasteiger partial charge in [-0.15, -0.1) is 0 Å². The van der Waals surface area contributed by atoms with E-state index in [1.54, 1.807) is 13.8 Å². The van der Waals surface area contributed by atoms with Crippen molar-refractivity contribution in [1.82, 2.24) is 19.9 Å². The van der Waals surface area contributed by atoms with E-state index >= 15 is 0 Å². The Hall–Kier alpha value is -1.34. The van der Waals surface area contributed by atoms with E-state index in [0.29, 0.717) is 15.8 Å². The van der Waals surface area contributed by atoms with Gasteiger partial charge in [0.2, 0.25) is 5.28 Å². The number of aromatic nitrogens is 4. The Bertz CT molecular complexity index is 703. The zero-order valence-electron chi connectivity index (χ0n) is 9.54. The molecule has 0 unspecified atom stereocenters. The Morgan fingerprint density at radius 1 is 1.06 bits per heavy atom. The van der Waals surface area contributed by atoms with Gasteiger partial charge in [-0.25, -0.2) is 9.97 Å². The van der Waals surface area contributed by atoms with Gasteiger partial charge in [-0.05, 0) is 47.7 Å². The summed E-state index contributed by atoms with van der Waals surface area (Å²) in [5, 5.41) is 7.23. The van der Waals surface area contributed by atoms with Crippen LogP contribution in [0.1, 0.15) is 13.8 Å². The molecule has 0 aliphatic heterocycles. The number of halogens is 1. The zero-order valence-corrected chi connectivity index (χ0v) is 11.9. The molecule has 0 saturated heterocycles. The molecule has 0 aliphatic carbocycles. The maximum atomic E-state index is 5.84. The van der Waals surface area contributed by atoms with E-state index in [0.717, 1.165) is 5.52 Å². The summed E-state index contributed by atoms with van der Waals surface area (Å²) >= 11 is 8.43. The summed E-state index contributed by atoms with van der Waals surface area (Å²) in [7, 11) is 0. The molecule has 0 aliphatic rings. The van der Waals surface area contributed by atoms with Crippen LogP contribution in [0.25, 0.3) is 11.2 Å². The first kappa shape index (κ1) is 13.1. The van der Waals surface area contributed by atoms with Gasteiger partial charge in [-0.2, -0.15) is 4.98 Å². The molecule has 2 rings (SSSR count). The minimum Gasteiger partial charge on any atom is -0.328 e. The fraction of sp³-hybridized carbons (Fsp3) is 0.182. The Balaban J connectivity index is 2.50. The molecule has 0 radical (unpaired) electrons. The summed E-state index contributed by atoms with van der Waals surface area (Å²) in [6.07, 6.45) is 0. The molecule has 7 heteroatoms. The number of fused-ring (bicyclic) bond motifs is 1. The van der Waals surface area contributed by atoms with Gasteiger partial charge in [0.15, 0.2) is 10.8 Å². The molecule has 4 nitrogen and oxygen atoms in total. The topological polar surface area (TPSA) is 54.5 Å². The smallest absolute Gasteiger partial charge is 0.225 e. The normalized spacial score (nSPS) is 9.50. The minimum absolute atomic E-state index is 0.160. The van der Waals surface area contributed by atoms with Crippen LogP contribution in [-0.4, -0.2) is 19.9 Å². The van der Waals surface area contributed by atoms with Gasteiger partial charge in [0.05, 0.1) is 0 Å². The highest BCUT2D eigenvalue weighted by Crippen LogP contribution is 2.26. The molecular formula is C11H7ClN4S2. The number of hydrogen-bond donors (Lipinski definition) is 1. The van der Waals surface area contributed by atoms with Crippen LogP contribution in [0, 0.1) is 22.3 Å². The summed E-state index contributed by atoms with van der Waals surface area (Å²) in [6.45, 7) is 3.53. The van der Waals surface area contributed by atoms with Crippen molar-refractivity contribution in [3.05, 3.63) is 5.28 Å². The van der Waals surface area contributed by atoms with Gasteiger partial charge in [-0.3, -0.25) is 0 Å². The molecule has 90 valence electrons. The number of thioether (sulfide) groups is 2. The number of hydrogen-bond acceptors (Lipinski definition) is 5. The van der Waals surface area contributed by atoms with Crippen LogP contribution in [0.5, 0.6) is 0 Å². The lowest BCUT2D eigenvalue weighted by Gasteiger charge is -1.95. The molecule has 0 spiro atoms. The highest BCUT2D eigenvalue weighted by molar-refractivity contribution is 8.04. The van der Waals surface area contributed by atoms with Crippen molar-refractivity contribution in [2.45, 2.75) is 24.0 Å². The lowest BCUT2D eigenvalue weighted by molar-refractivity contribution is 1.08. The number of nitrogens with one attached hydrogen (secondary N) is 1. The van der Waals surface area contributed by atoms with E-state index in [1.807, 2.05) is 0 Å². The Labute approximate surface area is 118 Å². The largest absolute Gasteiger partial charge is 0.328 e. The zero-order chi connectivity index (χ0) is 13.0. The molecule has 0 bridgehead atoms. The fourth-order valence-corrected chi connectivity index (χ4v) is 2.42. The minimum atomic E-state index is 0.160. The number of aromatic amines is 1. The molecule has 2 aromatic rings. The van der Waals surface area contributed by atoms with Crippen molar-refractivity contribution in [3.63, 3.8) is 0 Å². The molecule has 18 heavy (non-hydrogen) atoms. The SMILES string of the molecule is CC#CSc1nc2nc(Cl)nc(SC#CC)c2[nH]1. The third-order valence-electron chi connectivity index (χ3n) is 1.77. The summed E-state index contributed by atoms with van der Waals surface area (Å²) in [5.41, 5.74) is 1.25. The summed E-state index contributed by atoms with van der Waals surface area (Å²) in [6, 6.07) is 0. The molecule has 0 saturated carbocycles. The van der Waals surface area contributed by atoms with Crippen LogP contribution in [-0.2, 0) is 0 Å². The average molecular weight is 295 g/mol. The number of H-pyrrole nitrogens is 1. The van der Waals surface area contributed by atoms with Gasteiger partial charge >= 0.3 is 0 Å². The average Bonchev–Trinajstić information content (AvgIpc) is 2.76. The Kier molecular flexibility index (Phi) is 4.38. The van der Waals surface area contributed by atoms with E-state index in [4.69, 9.17) is 11.6 Å². The standard InChI is InChI=1S/C11H7ClN4S2/c1-3-5-17-9-7-8(14-10(12)16-9)15-11(13-7)18-6-4-2/h1-2H3,(H,13,14,15,16). The maximum absolute atomic E-state index is 5.84. The highest BCUT2D eigenvalue weighted by Gasteiger charge is 2.11. The first-order valence-corrected chi connectivity index (χ1v) is 6.86. The van der Waals surface area contributed by atoms with E-state index in [1.165, 1.54) is 23.5 Å². The van der Waals surface area contributed by atoms with Crippen LogP contribution in [0.3, 0.4) is 0 Å². The van der Waals surface area contributed by atoms with Crippen molar-refractivity contribution < 1.29 is 0 Å². The van der Waals surface area contributed by atoms with Gasteiger partial charge in [0.1, 0.15) is 10.5 Å². The number of rotatable bonds is 2. The fourth-order valence-electron chi connectivity index (χ4n) is 1.15. The molecule has 0 amide bonds. The van der Waals surface area contributed by atoms with Crippen molar-refractivity contribution in [2.24, 2.45) is 0 Å². The second-order valence-electron chi connectivity index (χ2n) is 2.95. The van der Waals surface area contributed by atoms with Gasteiger partial charge in [0, 0.05) is 11.8 Å². The number of nitrogens with zero attached hydrogens (tertiary/aromatic N) is 3. The summed E-state index contributed by atoms with van der Waals surface area (Å²) in [4.78, 5) is 15.6. The quantitative estimate of drug-likeness (QED) is 0.399. The third-order valence-corrected chi connectivity index (χ3v) is 3.43. The Morgan fingerprint density at radius 2 is 1.78 bits per heavy atom. The van der Waals surface area contributed by atoms with Crippen molar-refractivity contribution in [2.75, 3.05) is 0 Å². The van der Waals surface area contributed by atoms with Crippen LogP contribution in [0.2, 0.25) is 5.28 Å². The lowest BCUT2D eigenvalue weighted by atomic mass is 10.6. The van der Waals surface area contributed by atoms with Gasteiger partial charge in [0.25, 0.3) is 0 Å². The molecule has 0 aromatic carbocycles. The monoisotopic (exact) mass is 294 g/mol. The van der Waals surface area contributed by atoms with E-state index in [2.05, 4.69) is 42.3 Å². The molecular weight excluding hydrogens is 288 g/mol. The first-order valence-electron chi connectivity index (χ1n) is 4.85. The van der Waals surface area contributed by atoms with Crippen molar-refractivity contribution in [1.29, 1.82) is 0 Å². The molecule has 1 N–H and O–H groups in total. The number of imidazole rings is 1. The first-order chi connectivity index (χ1) is 8.74.